The van der Waals surface area contributed by atoms with E-state index in [1.54, 1.807) is 20.9 Å². The summed E-state index contributed by atoms with van der Waals surface area (Å²) in [5, 5.41) is 11.3. The van der Waals surface area contributed by atoms with Crippen LogP contribution in [0.4, 0.5) is 0 Å². The first-order valence-electron chi connectivity index (χ1n) is 6.60. The molecule has 0 saturated carbocycles. The lowest BCUT2D eigenvalue weighted by Gasteiger charge is -2.29. The minimum atomic E-state index is -0.790. The molecule has 0 heterocycles. The van der Waals surface area contributed by atoms with Crippen molar-refractivity contribution in [1.82, 2.24) is 4.90 Å². The Kier molecular flexibility index (Phi) is 3.76. The lowest BCUT2D eigenvalue weighted by atomic mass is 10.00. The number of carbonyl (C=O) groups excluding carboxylic acids is 1. The number of hydrogen-bond donors (Lipinski definition) is 0. The molecule has 2 rings (SSSR count). The summed E-state index contributed by atoms with van der Waals surface area (Å²) in [4.78, 5) is 13.8. The van der Waals surface area contributed by atoms with Crippen molar-refractivity contribution in [2.24, 2.45) is 0 Å². The van der Waals surface area contributed by atoms with E-state index in [-0.39, 0.29) is 5.91 Å². The van der Waals surface area contributed by atoms with Crippen LogP contribution in [-0.4, -0.2) is 23.4 Å². The molecule has 2 aromatic rings. The number of nitrogens with zero attached hydrogens (tertiary/aromatic N) is 2. The van der Waals surface area contributed by atoms with Crippen molar-refractivity contribution in [3.05, 3.63) is 48.0 Å². The summed E-state index contributed by atoms with van der Waals surface area (Å²) in [6.07, 6.45) is 0.308. The Morgan fingerprint density at radius 3 is 2.55 bits per heavy atom. The highest BCUT2D eigenvalue weighted by Crippen LogP contribution is 2.20. The molecule has 2 aromatic carbocycles. The van der Waals surface area contributed by atoms with Crippen LogP contribution in [0.15, 0.2) is 42.5 Å². The van der Waals surface area contributed by atoms with E-state index in [0.29, 0.717) is 6.42 Å². The third-order valence-corrected chi connectivity index (χ3v) is 3.71. The molecule has 0 aliphatic carbocycles. The van der Waals surface area contributed by atoms with Gasteiger partial charge in [0.25, 0.3) is 0 Å². The van der Waals surface area contributed by atoms with Gasteiger partial charge < -0.3 is 4.90 Å². The maximum absolute atomic E-state index is 12.3. The van der Waals surface area contributed by atoms with Crippen molar-refractivity contribution >= 4 is 16.7 Å². The number of amides is 1. The van der Waals surface area contributed by atoms with Crippen molar-refractivity contribution < 1.29 is 4.79 Å². The quantitative estimate of drug-likeness (QED) is 0.856. The SMILES string of the molecule is CN(C(=O)Cc1cccc2ccccc12)C(C)(C)C#N. The van der Waals surface area contributed by atoms with Crippen LogP contribution in [-0.2, 0) is 11.2 Å². The third kappa shape index (κ3) is 2.65. The first-order valence-corrected chi connectivity index (χ1v) is 6.60. The third-order valence-electron chi connectivity index (χ3n) is 3.71. The van der Waals surface area contributed by atoms with Gasteiger partial charge in [0.05, 0.1) is 12.5 Å². The normalized spacial score (nSPS) is 11.1. The topological polar surface area (TPSA) is 44.1 Å². The van der Waals surface area contributed by atoms with E-state index in [4.69, 9.17) is 5.26 Å². The molecule has 0 bridgehead atoms. The molecule has 0 unspecified atom stereocenters. The molecule has 0 aliphatic heterocycles. The molecule has 0 radical (unpaired) electrons. The Labute approximate surface area is 119 Å². The number of hydrogen-bond acceptors (Lipinski definition) is 2. The van der Waals surface area contributed by atoms with E-state index in [9.17, 15) is 4.79 Å². The molecule has 1 amide bonds. The van der Waals surface area contributed by atoms with E-state index in [0.717, 1.165) is 16.3 Å². The van der Waals surface area contributed by atoms with E-state index < -0.39 is 5.54 Å². The highest BCUT2D eigenvalue weighted by molar-refractivity contribution is 5.90. The maximum atomic E-state index is 12.3. The van der Waals surface area contributed by atoms with E-state index in [1.807, 2.05) is 42.5 Å². The van der Waals surface area contributed by atoms with Crippen molar-refractivity contribution in [3.63, 3.8) is 0 Å². The smallest absolute Gasteiger partial charge is 0.228 e. The molecule has 0 atom stereocenters. The van der Waals surface area contributed by atoms with Crippen LogP contribution < -0.4 is 0 Å². The molecule has 0 aliphatic rings. The molecule has 20 heavy (non-hydrogen) atoms. The molecule has 102 valence electrons. The Morgan fingerprint density at radius 1 is 1.20 bits per heavy atom. The Bertz CT molecular complexity index is 677. The monoisotopic (exact) mass is 266 g/mol. The minimum Gasteiger partial charge on any atom is -0.327 e. The van der Waals surface area contributed by atoms with Gasteiger partial charge in [0, 0.05) is 7.05 Å². The van der Waals surface area contributed by atoms with Crippen molar-refractivity contribution in [3.8, 4) is 6.07 Å². The van der Waals surface area contributed by atoms with Gasteiger partial charge in [-0.25, -0.2) is 0 Å². The average Bonchev–Trinajstić information content (AvgIpc) is 2.46. The average molecular weight is 266 g/mol. The number of rotatable bonds is 3. The van der Waals surface area contributed by atoms with Crippen molar-refractivity contribution in [1.29, 1.82) is 5.26 Å². The molecule has 0 fully saturated rings. The van der Waals surface area contributed by atoms with Crippen LogP contribution in [0.5, 0.6) is 0 Å². The van der Waals surface area contributed by atoms with Gasteiger partial charge in [0.2, 0.25) is 5.91 Å². The fourth-order valence-corrected chi connectivity index (χ4v) is 2.11. The van der Waals surface area contributed by atoms with Gasteiger partial charge in [-0.05, 0) is 30.2 Å². The summed E-state index contributed by atoms with van der Waals surface area (Å²) in [7, 11) is 1.68. The highest BCUT2D eigenvalue weighted by Gasteiger charge is 2.27. The first kappa shape index (κ1) is 14.1. The van der Waals surface area contributed by atoms with E-state index in [1.165, 1.54) is 4.90 Å². The predicted molar refractivity (Wildman–Crippen MR) is 80.1 cm³/mol. The van der Waals surface area contributed by atoms with Crippen LogP contribution in [0.1, 0.15) is 19.4 Å². The van der Waals surface area contributed by atoms with E-state index in [2.05, 4.69) is 6.07 Å². The fourth-order valence-electron chi connectivity index (χ4n) is 2.11. The van der Waals surface area contributed by atoms with Gasteiger partial charge in [-0.3, -0.25) is 4.79 Å². The van der Waals surface area contributed by atoms with Gasteiger partial charge in [-0.2, -0.15) is 5.26 Å². The molecule has 0 saturated heterocycles. The molecule has 0 aromatic heterocycles. The second-order valence-corrected chi connectivity index (χ2v) is 5.44. The van der Waals surface area contributed by atoms with Gasteiger partial charge in [0.15, 0.2) is 0 Å². The molecule has 3 heteroatoms. The van der Waals surface area contributed by atoms with Crippen molar-refractivity contribution in [2.45, 2.75) is 25.8 Å². The summed E-state index contributed by atoms with van der Waals surface area (Å²) in [5.74, 6) is -0.0482. The van der Waals surface area contributed by atoms with Crippen LogP contribution >= 0.6 is 0 Å². The summed E-state index contributed by atoms with van der Waals surface area (Å²) in [6, 6.07) is 16.1. The first-order chi connectivity index (χ1) is 9.45. The number of fused-ring (bicyclic) bond motifs is 1. The van der Waals surface area contributed by atoms with Gasteiger partial charge in [0.1, 0.15) is 5.54 Å². The molecular formula is C17H18N2O. The van der Waals surface area contributed by atoms with Gasteiger partial charge in [-0.15, -0.1) is 0 Å². The second-order valence-electron chi connectivity index (χ2n) is 5.44. The number of carbonyl (C=O) groups is 1. The lowest BCUT2D eigenvalue weighted by molar-refractivity contribution is -0.132. The van der Waals surface area contributed by atoms with Crippen LogP contribution in [0.3, 0.4) is 0 Å². The van der Waals surface area contributed by atoms with Crippen LogP contribution in [0.25, 0.3) is 10.8 Å². The van der Waals surface area contributed by atoms with Crippen LogP contribution in [0, 0.1) is 11.3 Å². The van der Waals surface area contributed by atoms with Gasteiger partial charge >= 0.3 is 0 Å². The van der Waals surface area contributed by atoms with Gasteiger partial charge in [-0.1, -0.05) is 42.5 Å². The molecular weight excluding hydrogens is 248 g/mol. The van der Waals surface area contributed by atoms with Crippen molar-refractivity contribution in [2.75, 3.05) is 7.05 Å². The second kappa shape index (κ2) is 5.34. The lowest BCUT2D eigenvalue weighted by Crippen LogP contribution is -2.44. The number of nitriles is 1. The summed E-state index contributed by atoms with van der Waals surface area (Å²) >= 11 is 0. The summed E-state index contributed by atoms with van der Waals surface area (Å²) < 4.78 is 0. The maximum Gasteiger partial charge on any atom is 0.228 e. The highest BCUT2D eigenvalue weighted by atomic mass is 16.2. The zero-order valence-electron chi connectivity index (χ0n) is 12.1. The zero-order valence-corrected chi connectivity index (χ0v) is 12.1. The Balaban J connectivity index is 2.30. The van der Waals surface area contributed by atoms with E-state index >= 15 is 0 Å². The number of benzene rings is 2. The largest absolute Gasteiger partial charge is 0.327 e. The minimum absolute atomic E-state index is 0.0482. The molecule has 0 spiro atoms. The number of likely N-dealkylation sites (N-methyl/N-ethyl adjacent to an activating group) is 1. The zero-order chi connectivity index (χ0) is 14.8. The summed E-state index contributed by atoms with van der Waals surface area (Å²) in [5.41, 5.74) is 0.204. The standard InChI is InChI=1S/C17H18N2O/c1-17(2,12-18)19(3)16(20)11-14-9-6-8-13-7-4-5-10-15(13)14/h4-10H,11H2,1-3H3. The predicted octanol–water partition coefficient (Wildman–Crippen LogP) is 3.14. The molecule has 3 nitrogen and oxygen atoms in total. The fraction of sp³-hybridized carbons (Fsp3) is 0.294. The summed E-state index contributed by atoms with van der Waals surface area (Å²) in [6.45, 7) is 3.49. The Hall–Kier alpha value is -2.34. The molecule has 0 N–H and O–H groups in total. The Morgan fingerprint density at radius 2 is 1.85 bits per heavy atom. The van der Waals surface area contributed by atoms with Crippen LogP contribution in [0.2, 0.25) is 0 Å².